The van der Waals surface area contributed by atoms with Crippen LogP contribution in [0.4, 0.5) is 0 Å². The second-order valence-corrected chi connectivity index (χ2v) is 4.43. The predicted molar refractivity (Wildman–Crippen MR) is 61.7 cm³/mol. The standard InChI is InChI=1S/C11H15BrO3/c1-3-14-11(13)7-6-10-9(15-10)5-4-8(2)12/h6-7,9-10H,2-5H2,1H3/b7-6+/t9-,10-/m0/s1. The first-order chi connectivity index (χ1) is 7.13. The van der Waals surface area contributed by atoms with E-state index in [4.69, 9.17) is 9.47 Å². The minimum atomic E-state index is -0.309. The van der Waals surface area contributed by atoms with Crippen LogP contribution in [0.5, 0.6) is 0 Å². The number of carbonyl (C=O) groups is 1. The molecule has 0 radical (unpaired) electrons. The van der Waals surface area contributed by atoms with Crippen LogP contribution in [0.25, 0.3) is 0 Å². The number of esters is 1. The predicted octanol–water partition coefficient (Wildman–Crippen LogP) is 2.56. The molecule has 0 aromatic rings. The van der Waals surface area contributed by atoms with Crippen molar-refractivity contribution in [3.8, 4) is 0 Å². The minimum Gasteiger partial charge on any atom is -0.463 e. The normalized spacial score (nSPS) is 24.1. The van der Waals surface area contributed by atoms with Crippen LogP contribution in [0, 0.1) is 0 Å². The van der Waals surface area contributed by atoms with Gasteiger partial charge in [0.15, 0.2) is 0 Å². The van der Waals surface area contributed by atoms with Gasteiger partial charge in [-0.2, -0.15) is 0 Å². The fourth-order valence-electron chi connectivity index (χ4n) is 1.22. The topological polar surface area (TPSA) is 38.8 Å². The molecule has 84 valence electrons. The maximum atomic E-state index is 11.0. The molecule has 0 spiro atoms. The SMILES string of the molecule is C=C(Br)CC[C@@H]1O[C@H]1/C=C/C(=O)OCC. The molecule has 0 unspecified atom stereocenters. The Labute approximate surface area is 98.3 Å². The van der Waals surface area contributed by atoms with Gasteiger partial charge in [-0.25, -0.2) is 4.79 Å². The van der Waals surface area contributed by atoms with Crippen LogP contribution in [-0.2, 0) is 14.3 Å². The van der Waals surface area contributed by atoms with E-state index in [0.717, 1.165) is 17.3 Å². The first-order valence-corrected chi connectivity index (χ1v) is 5.76. The van der Waals surface area contributed by atoms with E-state index in [9.17, 15) is 4.79 Å². The van der Waals surface area contributed by atoms with Crippen LogP contribution in [0.1, 0.15) is 19.8 Å². The summed E-state index contributed by atoms with van der Waals surface area (Å²) in [6.07, 6.45) is 5.30. The molecule has 0 amide bonds. The van der Waals surface area contributed by atoms with Crippen molar-refractivity contribution in [2.45, 2.75) is 32.0 Å². The van der Waals surface area contributed by atoms with E-state index in [0.29, 0.717) is 6.61 Å². The van der Waals surface area contributed by atoms with E-state index in [-0.39, 0.29) is 18.2 Å². The van der Waals surface area contributed by atoms with Crippen LogP contribution in [0.3, 0.4) is 0 Å². The zero-order valence-electron chi connectivity index (χ0n) is 8.74. The Morgan fingerprint density at radius 2 is 2.40 bits per heavy atom. The lowest BCUT2D eigenvalue weighted by Crippen LogP contribution is -2.00. The number of hydrogen-bond acceptors (Lipinski definition) is 3. The summed E-state index contributed by atoms with van der Waals surface area (Å²) in [6.45, 7) is 5.93. The van der Waals surface area contributed by atoms with Crippen LogP contribution in [0.2, 0.25) is 0 Å². The van der Waals surface area contributed by atoms with Gasteiger partial charge < -0.3 is 9.47 Å². The maximum absolute atomic E-state index is 11.0. The molecule has 0 saturated carbocycles. The molecule has 1 aliphatic heterocycles. The number of halogens is 1. The zero-order chi connectivity index (χ0) is 11.3. The molecular formula is C11H15BrO3. The second kappa shape index (κ2) is 6.08. The van der Waals surface area contributed by atoms with Gasteiger partial charge in [-0.3, -0.25) is 0 Å². The highest BCUT2D eigenvalue weighted by Crippen LogP contribution is 2.29. The van der Waals surface area contributed by atoms with Crippen LogP contribution in [0.15, 0.2) is 23.2 Å². The molecule has 3 nitrogen and oxygen atoms in total. The molecule has 4 heteroatoms. The molecule has 0 aliphatic carbocycles. The maximum Gasteiger partial charge on any atom is 0.330 e. The summed E-state index contributed by atoms with van der Waals surface area (Å²) < 4.78 is 11.1. The van der Waals surface area contributed by atoms with Gasteiger partial charge in [-0.1, -0.05) is 22.5 Å². The van der Waals surface area contributed by atoms with Crippen molar-refractivity contribution in [2.75, 3.05) is 6.61 Å². The number of rotatable bonds is 6. The van der Waals surface area contributed by atoms with Crippen LogP contribution < -0.4 is 0 Å². The second-order valence-electron chi connectivity index (χ2n) is 3.31. The van der Waals surface area contributed by atoms with Gasteiger partial charge in [0.2, 0.25) is 0 Å². The highest BCUT2D eigenvalue weighted by atomic mass is 79.9. The summed E-state index contributed by atoms with van der Waals surface area (Å²) in [5, 5.41) is 0. The Morgan fingerprint density at radius 3 is 3.00 bits per heavy atom. The molecule has 0 N–H and O–H groups in total. The molecule has 0 bridgehead atoms. The first kappa shape index (κ1) is 12.5. The number of hydrogen-bond donors (Lipinski definition) is 0. The third-order valence-corrected chi connectivity index (χ3v) is 2.43. The fourth-order valence-corrected chi connectivity index (χ4v) is 1.45. The van der Waals surface area contributed by atoms with Crippen LogP contribution >= 0.6 is 15.9 Å². The van der Waals surface area contributed by atoms with Gasteiger partial charge in [0, 0.05) is 6.08 Å². The summed E-state index contributed by atoms with van der Waals surface area (Å²) in [5.41, 5.74) is 0. The molecular weight excluding hydrogens is 260 g/mol. The number of ether oxygens (including phenoxy) is 2. The summed E-state index contributed by atoms with van der Waals surface area (Å²) in [6, 6.07) is 0. The molecule has 1 fully saturated rings. The highest BCUT2D eigenvalue weighted by molar-refractivity contribution is 9.11. The monoisotopic (exact) mass is 274 g/mol. The molecule has 15 heavy (non-hydrogen) atoms. The number of epoxide rings is 1. The van der Waals surface area contributed by atoms with Gasteiger partial charge in [0.1, 0.15) is 6.10 Å². The molecule has 2 atom stereocenters. The van der Waals surface area contributed by atoms with E-state index in [2.05, 4.69) is 22.5 Å². The lowest BCUT2D eigenvalue weighted by atomic mass is 10.2. The van der Waals surface area contributed by atoms with Gasteiger partial charge in [-0.15, -0.1) is 0 Å². The van der Waals surface area contributed by atoms with Crippen molar-refractivity contribution in [3.63, 3.8) is 0 Å². The van der Waals surface area contributed by atoms with Crippen molar-refractivity contribution >= 4 is 21.9 Å². The van der Waals surface area contributed by atoms with Gasteiger partial charge in [0.25, 0.3) is 0 Å². The zero-order valence-corrected chi connectivity index (χ0v) is 10.3. The lowest BCUT2D eigenvalue weighted by molar-refractivity contribution is -0.137. The third-order valence-electron chi connectivity index (χ3n) is 2.03. The Kier molecular flexibility index (Phi) is 5.05. The quantitative estimate of drug-likeness (QED) is 0.425. The Balaban J connectivity index is 2.15. The Morgan fingerprint density at radius 1 is 1.67 bits per heavy atom. The van der Waals surface area contributed by atoms with Crippen molar-refractivity contribution in [3.05, 3.63) is 23.2 Å². The summed E-state index contributed by atoms with van der Waals surface area (Å²) in [5.74, 6) is -0.309. The van der Waals surface area contributed by atoms with Crippen molar-refractivity contribution in [2.24, 2.45) is 0 Å². The molecule has 1 heterocycles. The molecule has 0 aromatic carbocycles. The van der Waals surface area contributed by atoms with E-state index in [1.807, 2.05) is 0 Å². The van der Waals surface area contributed by atoms with E-state index in [1.165, 1.54) is 6.08 Å². The fraction of sp³-hybridized carbons (Fsp3) is 0.545. The van der Waals surface area contributed by atoms with Gasteiger partial charge in [-0.05, 0) is 30.3 Å². The Hall–Kier alpha value is -0.610. The third kappa shape index (κ3) is 5.14. The van der Waals surface area contributed by atoms with Crippen molar-refractivity contribution < 1.29 is 14.3 Å². The summed E-state index contributed by atoms with van der Waals surface area (Å²) in [7, 11) is 0. The number of carbonyl (C=O) groups excluding carboxylic acids is 1. The van der Waals surface area contributed by atoms with E-state index < -0.39 is 0 Å². The van der Waals surface area contributed by atoms with E-state index >= 15 is 0 Å². The van der Waals surface area contributed by atoms with Gasteiger partial charge in [0.05, 0.1) is 12.7 Å². The smallest absolute Gasteiger partial charge is 0.330 e. The molecule has 1 saturated heterocycles. The first-order valence-electron chi connectivity index (χ1n) is 4.97. The van der Waals surface area contributed by atoms with Gasteiger partial charge >= 0.3 is 5.97 Å². The molecule has 1 aliphatic rings. The molecule has 1 rings (SSSR count). The number of allylic oxidation sites excluding steroid dienone is 1. The average molecular weight is 275 g/mol. The molecule has 0 aromatic heterocycles. The van der Waals surface area contributed by atoms with E-state index in [1.54, 1.807) is 13.0 Å². The minimum absolute atomic E-state index is 0.0706. The largest absolute Gasteiger partial charge is 0.463 e. The Bertz CT molecular complexity index is 273. The van der Waals surface area contributed by atoms with Crippen LogP contribution in [-0.4, -0.2) is 24.8 Å². The average Bonchev–Trinajstić information content (AvgIpc) is 2.91. The lowest BCUT2D eigenvalue weighted by Gasteiger charge is -1.93. The van der Waals surface area contributed by atoms with Crippen molar-refractivity contribution in [1.82, 2.24) is 0 Å². The van der Waals surface area contributed by atoms with Crippen molar-refractivity contribution in [1.29, 1.82) is 0 Å². The summed E-state index contributed by atoms with van der Waals surface area (Å²) >= 11 is 3.29. The summed E-state index contributed by atoms with van der Waals surface area (Å²) in [4.78, 5) is 11.0. The highest BCUT2D eigenvalue weighted by Gasteiger charge is 2.35.